The minimum absolute atomic E-state index is 0.0569. The van der Waals surface area contributed by atoms with Gasteiger partial charge in [-0.15, -0.1) is 0 Å². The Bertz CT molecular complexity index is 1420. The number of ketones is 1. The van der Waals surface area contributed by atoms with Crippen LogP contribution < -0.4 is 4.74 Å². The van der Waals surface area contributed by atoms with Crippen molar-refractivity contribution in [3.63, 3.8) is 0 Å². The lowest BCUT2D eigenvalue weighted by Crippen LogP contribution is -2.51. The molecular formula is C31H35ClN4O2. The predicted molar refractivity (Wildman–Crippen MR) is 152 cm³/mol. The quantitative estimate of drug-likeness (QED) is 0.285. The van der Waals surface area contributed by atoms with E-state index in [9.17, 15) is 4.79 Å². The van der Waals surface area contributed by atoms with Crippen molar-refractivity contribution in [3.05, 3.63) is 65.6 Å². The number of hydrogen-bond acceptors (Lipinski definition) is 5. The Hall–Kier alpha value is -2.96. The van der Waals surface area contributed by atoms with E-state index in [0.29, 0.717) is 36.7 Å². The number of aromatic amines is 1. The summed E-state index contributed by atoms with van der Waals surface area (Å²) in [6, 6.07) is 12.2. The monoisotopic (exact) mass is 530 g/mol. The molecular weight excluding hydrogens is 496 g/mol. The van der Waals surface area contributed by atoms with E-state index in [0.717, 1.165) is 72.5 Å². The molecule has 0 amide bonds. The molecule has 2 fully saturated rings. The Morgan fingerprint density at radius 2 is 2.00 bits per heavy atom. The van der Waals surface area contributed by atoms with Crippen LogP contribution >= 0.6 is 11.6 Å². The molecule has 198 valence electrons. The molecule has 6 nitrogen and oxygen atoms in total. The number of ether oxygens (including phenoxy) is 1. The van der Waals surface area contributed by atoms with Crippen LogP contribution in [0.3, 0.4) is 0 Å². The fourth-order valence-electron chi connectivity index (χ4n) is 6.78. The number of Topliss-reactive ketones (excluding diaryl/α,β-unsaturated/α-hetero) is 1. The third kappa shape index (κ3) is 5.04. The standard InChI is InChI=1S/C31H35ClN4O2/c1-2-29(37)26-16-21(24-11-13-33-27-17-35-31-25(30(24)27)12-14-34-31)5-10-28(26)36-15-3-4-20(18-36)19-38-23-8-6-22(32)7-9-23/h6-9,11-14,17,20-21,26,28H,2-5,10,15-16,18-19H2,1H3,(H,34,35). The highest BCUT2D eigenvalue weighted by Crippen LogP contribution is 2.43. The first-order valence-electron chi connectivity index (χ1n) is 14.0. The molecule has 0 radical (unpaired) electrons. The zero-order chi connectivity index (χ0) is 26.1. The number of pyridine rings is 2. The largest absolute Gasteiger partial charge is 0.493 e. The number of carbonyl (C=O) groups is 1. The first-order valence-corrected chi connectivity index (χ1v) is 14.3. The number of likely N-dealkylation sites (tertiary alicyclic amines) is 1. The topological polar surface area (TPSA) is 71.1 Å². The SMILES string of the molecule is CCC(=O)C1CC(c2ccnc3cnc4[nH]ccc4c23)CCC1N1CCCC(COc2ccc(Cl)cc2)C1. The maximum atomic E-state index is 13.4. The molecule has 38 heavy (non-hydrogen) atoms. The Kier molecular flexibility index (Phi) is 7.35. The Labute approximate surface area is 228 Å². The minimum atomic E-state index is 0.0569. The normalized spacial score (nSPS) is 24.6. The summed E-state index contributed by atoms with van der Waals surface area (Å²) in [7, 11) is 0. The lowest BCUT2D eigenvalue weighted by atomic mass is 9.71. The van der Waals surface area contributed by atoms with Crippen LogP contribution in [0.1, 0.15) is 56.9 Å². The zero-order valence-corrected chi connectivity index (χ0v) is 22.7. The molecule has 2 aliphatic rings. The molecule has 6 rings (SSSR count). The molecule has 7 heteroatoms. The summed E-state index contributed by atoms with van der Waals surface area (Å²) in [6.45, 7) is 4.76. The number of H-pyrrole nitrogens is 1. The van der Waals surface area contributed by atoms with E-state index in [2.05, 4.69) is 32.0 Å². The van der Waals surface area contributed by atoms with Crippen molar-refractivity contribution in [2.45, 2.75) is 57.4 Å². The molecule has 1 N–H and O–H groups in total. The van der Waals surface area contributed by atoms with E-state index in [1.807, 2.05) is 49.8 Å². The van der Waals surface area contributed by atoms with Gasteiger partial charge in [0.2, 0.25) is 0 Å². The molecule has 4 heterocycles. The van der Waals surface area contributed by atoms with Gasteiger partial charge in [-0.25, -0.2) is 4.98 Å². The van der Waals surface area contributed by atoms with Crippen molar-refractivity contribution in [3.8, 4) is 5.75 Å². The van der Waals surface area contributed by atoms with E-state index in [4.69, 9.17) is 16.3 Å². The van der Waals surface area contributed by atoms with E-state index >= 15 is 0 Å². The van der Waals surface area contributed by atoms with Crippen LogP contribution in [0.4, 0.5) is 0 Å². The van der Waals surface area contributed by atoms with Gasteiger partial charge in [0, 0.05) is 59.0 Å². The smallest absolute Gasteiger partial charge is 0.137 e. The summed E-state index contributed by atoms with van der Waals surface area (Å²) in [6.07, 6.45) is 11.6. The van der Waals surface area contributed by atoms with Gasteiger partial charge >= 0.3 is 0 Å². The number of carbonyl (C=O) groups excluding carboxylic acids is 1. The number of rotatable bonds is 7. The number of fused-ring (bicyclic) bond motifs is 3. The molecule has 1 aromatic carbocycles. The average molecular weight is 531 g/mol. The molecule has 3 aromatic heterocycles. The molecule has 4 aromatic rings. The lowest BCUT2D eigenvalue weighted by molar-refractivity contribution is -0.126. The second-order valence-electron chi connectivity index (χ2n) is 10.9. The summed E-state index contributed by atoms with van der Waals surface area (Å²) < 4.78 is 6.11. The first kappa shape index (κ1) is 25.3. The Balaban J connectivity index is 1.20. The Morgan fingerprint density at radius 1 is 1.13 bits per heavy atom. The van der Waals surface area contributed by atoms with E-state index in [1.165, 1.54) is 10.9 Å². The van der Waals surface area contributed by atoms with Crippen LogP contribution in [0.25, 0.3) is 21.9 Å². The number of halogens is 1. The average Bonchev–Trinajstić information content (AvgIpc) is 3.45. The summed E-state index contributed by atoms with van der Waals surface area (Å²) in [5.74, 6) is 2.12. The second kappa shape index (κ2) is 11.0. The van der Waals surface area contributed by atoms with Crippen LogP contribution in [0, 0.1) is 11.8 Å². The van der Waals surface area contributed by atoms with Gasteiger partial charge in [0.25, 0.3) is 0 Å². The van der Waals surface area contributed by atoms with Crippen LogP contribution in [-0.2, 0) is 4.79 Å². The minimum Gasteiger partial charge on any atom is -0.493 e. The van der Waals surface area contributed by atoms with E-state index < -0.39 is 0 Å². The number of benzene rings is 1. The van der Waals surface area contributed by atoms with Crippen LogP contribution in [0.2, 0.25) is 5.02 Å². The van der Waals surface area contributed by atoms with E-state index in [1.54, 1.807) is 0 Å². The molecule has 1 aliphatic carbocycles. The van der Waals surface area contributed by atoms with Gasteiger partial charge in [-0.2, -0.15) is 0 Å². The van der Waals surface area contributed by atoms with Crippen LogP contribution in [0.5, 0.6) is 5.75 Å². The molecule has 1 aliphatic heterocycles. The van der Waals surface area contributed by atoms with Crippen molar-refractivity contribution < 1.29 is 9.53 Å². The van der Waals surface area contributed by atoms with Crippen molar-refractivity contribution in [2.75, 3.05) is 19.7 Å². The van der Waals surface area contributed by atoms with Crippen molar-refractivity contribution in [1.82, 2.24) is 19.9 Å². The third-order valence-corrected chi connectivity index (χ3v) is 8.91. The summed E-state index contributed by atoms with van der Waals surface area (Å²) in [4.78, 5) is 28.3. The maximum absolute atomic E-state index is 13.4. The zero-order valence-electron chi connectivity index (χ0n) is 21.9. The predicted octanol–water partition coefficient (Wildman–Crippen LogP) is 6.79. The van der Waals surface area contributed by atoms with Crippen molar-refractivity contribution in [1.29, 1.82) is 0 Å². The highest BCUT2D eigenvalue weighted by Gasteiger charge is 2.40. The molecule has 1 saturated carbocycles. The van der Waals surface area contributed by atoms with E-state index in [-0.39, 0.29) is 5.92 Å². The maximum Gasteiger partial charge on any atom is 0.137 e. The van der Waals surface area contributed by atoms with Crippen LogP contribution in [0.15, 0.2) is 55.0 Å². The third-order valence-electron chi connectivity index (χ3n) is 8.66. The lowest BCUT2D eigenvalue weighted by Gasteiger charge is -2.45. The van der Waals surface area contributed by atoms with Gasteiger partial charge < -0.3 is 9.72 Å². The number of hydrogen-bond donors (Lipinski definition) is 1. The number of piperidine rings is 1. The molecule has 4 unspecified atom stereocenters. The molecule has 4 atom stereocenters. The first-order chi connectivity index (χ1) is 18.6. The summed E-state index contributed by atoms with van der Waals surface area (Å²) in [5.41, 5.74) is 3.12. The van der Waals surface area contributed by atoms with Gasteiger partial charge in [-0.05, 0) is 86.5 Å². The highest BCUT2D eigenvalue weighted by atomic mass is 35.5. The fraction of sp³-hybridized carbons (Fsp3) is 0.452. The number of aromatic nitrogens is 3. The van der Waals surface area contributed by atoms with Gasteiger partial charge in [0.05, 0.1) is 18.3 Å². The molecule has 0 spiro atoms. The summed E-state index contributed by atoms with van der Waals surface area (Å²) in [5, 5.41) is 3.02. The van der Waals surface area contributed by atoms with Gasteiger partial charge in [0.1, 0.15) is 17.2 Å². The molecule has 1 saturated heterocycles. The van der Waals surface area contributed by atoms with Crippen molar-refractivity contribution >= 4 is 39.3 Å². The fourth-order valence-corrected chi connectivity index (χ4v) is 6.91. The van der Waals surface area contributed by atoms with Crippen LogP contribution in [-0.4, -0.2) is 51.4 Å². The second-order valence-corrected chi connectivity index (χ2v) is 11.4. The van der Waals surface area contributed by atoms with Gasteiger partial charge in [-0.1, -0.05) is 18.5 Å². The number of nitrogens with zero attached hydrogens (tertiary/aromatic N) is 3. The van der Waals surface area contributed by atoms with Gasteiger partial charge in [-0.3, -0.25) is 14.7 Å². The molecule has 0 bridgehead atoms. The Morgan fingerprint density at radius 3 is 2.84 bits per heavy atom. The highest BCUT2D eigenvalue weighted by molar-refractivity contribution is 6.30. The van der Waals surface area contributed by atoms with Gasteiger partial charge in [0.15, 0.2) is 0 Å². The summed E-state index contributed by atoms with van der Waals surface area (Å²) >= 11 is 6.02. The number of nitrogens with one attached hydrogen (secondary N) is 1. The van der Waals surface area contributed by atoms with Crippen molar-refractivity contribution in [2.24, 2.45) is 11.8 Å².